The summed E-state index contributed by atoms with van der Waals surface area (Å²) in [7, 11) is 1.55. The van der Waals surface area contributed by atoms with Crippen LogP contribution < -0.4 is 4.74 Å². The van der Waals surface area contributed by atoms with Crippen molar-refractivity contribution in [1.29, 1.82) is 5.26 Å². The SMILES string of the molecule is COc1ccc(C(C#N)CC(=O)O)cc1. The van der Waals surface area contributed by atoms with Gasteiger partial charge in [-0.05, 0) is 17.7 Å². The molecule has 0 bridgehead atoms. The molecule has 1 N–H and O–H groups in total. The highest BCUT2D eigenvalue weighted by atomic mass is 16.5. The number of nitrogens with zero attached hydrogens (tertiary/aromatic N) is 1. The molecule has 1 rings (SSSR count). The molecular formula is C11H11NO3. The molecule has 0 aliphatic rings. The number of aliphatic carboxylic acids is 1. The molecule has 0 aromatic heterocycles. The molecule has 0 heterocycles. The van der Waals surface area contributed by atoms with Crippen molar-refractivity contribution in [2.24, 2.45) is 0 Å². The van der Waals surface area contributed by atoms with Gasteiger partial charge in [0.15, 0.2) is 0 Å². The number of hydrogen-bond donors (Lipinski definition) is 1. The highest BCUT2D eigenvalue weighted by molar-refractivity contribution is 5.68. The molecule has 1 atom stereocenters. The third kappa shape index (κ3) is 2.99. The van der Waals surface area contributed by atoms with Gasteiger partial charge < -0.3 is 9.84 Å². The third-order valence-corrected chi connectivity index (χ3v) is 2.05. The Hall–Kier alpha value is -2.02. The second-order valence-corrected chi connectivity index (χ2v) is 3.05. The number of methoxy groups -OCH3 is 1. The van der Waals surface area contributed by atoms with Crippen LogP contribution in [0.4, 0.5) is 0 Å². The van der Waals surface area contributed by atoms with Crippen LogP contribution in [-0.2, 0) is 4.79 Å². The van der Waals surface area contributed by atoms with E-state index in [1.807, 2.05) is 6.07 Å². The highest BCUT2D eigenvalue weighted by Crippen LogP contribution is 2.21. The maximum absolute atomic E-state index is 10.5. The van der Waals surface area contributed by atoms with Crippen LogP contribution in [0.25, 0.3) is 0 Å². The number of rotatable bonds is 4. The van der Waals surface area contributed by atoms with E-state index in [0.29, 0.717) is 11.3 Å². The van der Waals surface area contributed by atoms with Crippen molar-refractivity contribution in [2.45, 2.75) is 12.3 Å². The summed E-state index contributed by atoms with van der Waals surface area (Å²) in [4.78, 5) is 10.5. The first-order valence-electron chi connectivity index (χ1n) is 4.42. The van der Waals surface area contributed by atoms with Gasteiger partial charge in [-0.2, -0.15) is 5.26 Å². The molecule has 0 amide bonds. The lowest BCUT2D eigenvalue weighted by Gasteiger charge is -2.07. The normalized spacial score (nSPS) is 11.5. The summed E-state index contributed by atoms with van der Waals surface area (Å²) < 4.78 is 4.96. The number of ether oxygens (including phenoxy) is 1. The van der Waals surface area contributed by atoms with Crippen LogP contribution >= 0.6 is 0 Å². The van der Waals surface area contributed by atoms with E-state index in [4.69, 9.17) is 15.1 Å². The van der Waals surface area contributed by atoms with Gasteiger partial charge in [-0.3, -0.25) is 4.79 Å². The Labute approximate surface area is 87.7 Å². The van der Waals surface area contributed by atoms with Gasteiger partial charge in [0.1, 0.15) is 5.75 Å². The summed E-state index contributed by atoms with van der Waals surface area (Å²) in [5.74, 6) is -0.892. The van der Waals surface area contributed by atoms with Crippen LogP contribution in [0.5, 0.6) is 5.75 Å². The second kappa shape index (κ2) is 5.01. The summed E-state index contributed by atoms with van der Waals surface area (Å²) in [6, 6.07) is 8.79. The Morgan fingerprint density at radius 3 is 2.53 bits per heavy atom. The Bertz CT molecular complexity index is 378. The third-order valence-electron chi connectivity index (χ3n) is 2.05. The second-order valence-electron chi connectivity index (χ2n) is 3.05. The van der Waals surface area contributed by atoms with Crippen LogP contribution in [-0.4, -0.2) is 18.2 Å². The van der Waals surface area contributed by atoms with E-state index in [-0.39, 0.29) is 6.42 Å². The molecule has 4 heteroatoms. The van der Waals surface area contributed by atoms with E-state index in [9.17, 15) is 4.79 Å². The zero-order chi connectivity index (χ0) is 11.3. The molecule has 1 aromatic rings. The molecule has 0 spiro atoms. The van der Waals surface area contributed by atoms with E-state index in [0.717, 1.165) is 0 Å². The molecule has 15 heavy (non-hydrogen) atoms. The van der Waals surface area contributed by atoms with Gasteiger partial charge in [-0.15, -0.1) is 0 Å². The zero-order valence-corrected chi connectivity index (χ0v) is 8.30. The lowest BCUT2D eigenvalue weighted by atomic mass is 9.97. The van der Waals surface area contributed by atoms with E-state index in [2.05, 4.69) is 0 Å². The van der Waals surface area contributed by atoms with Gasteiger partial charge in [-0.25, -0.2) is 0 Å². The topological polar surface area (TPSA) is 70.3 Å². The fourth-order valence-electron chi connectivity index (χ4n) is 1.25. The first-order chi connectivity index (χ1) is 7.17. The Kier molecular flexibility index (Phi) is 3.69. The summed E-state index contributed by atoms with van der Waals surface area (Å²) in [5, 5.41) is 17.4. The molecule has 1 unspecified atom stereocenters. The Morgan fingerprint density at radius 1 is 1.53 bits per heavy atom. The van der Waals surface area contributed by atoms with Crippen LogP contribution in [0.2, 0.25) is 0 Å². The lowest BCUT2D eigenvalue weighted by Crippen LogP contribution is -2.04. The first-order valence-corrected chi connectivity index (χ1v) is 4.42. The van der Waals surface area contributed by atoms with Crippen molar-refractivity contribution < 1.29 is 14.6 Å². The molecule has 0 radical (unpaired) electrons. The smallest absolute Gasteiger partial charge is 0.305 e. The highest BCUT2D eigenvalue weighted by Gasteiger charge is 2.14. The number of benzene rings is 1. The van der Waals surface area contributed by atoms with E-state index in [1.165, 1.54) is 0 Å². The Morgan fingerprint density at radius 2 is 2.13 bits per heavy atom. The Balaban J connectivity index is 2.84. The maximum atomic E-state index is 10.5. The standard InChI is InChI=1S/C11H11NO3/c1-15-10-4-2-8(3-5-10)9(7-12)6-11(13)14/h2-5,9H,6H2,1H3,(H,13,14). The summed E-state index contributed by atoms with van der Waals surface area (Å²) in [6.07, 6.45) is -0.178. The van der Waals surface area contributed by atoms with Crippen molar-refractivity contribution in [3.63, 3.8) is 0 Å². The van der Waals surface area contributed by atoms with Crippen LogP contribution in [0.15, 0.2) is 24.3 Å². The quantitative estimate of drug-likeness (QED) is 0.813. The van der Waals surface area contributed by atoms with Gasteiger partial charge in [0.25, 0.3) is 0 Å². The van der Waals surface area contributed by atoms with Crippen LogP contribution in [0.3, 0.4) is 0 Å². The summed E-state index contributed by atoms with van der Waals surface area (Å²) in [5.41, 5.74) is 0.695. The predicted octanol–water partition coefficient (Wildman–Crippen LogP) is 1.78. The maximum Gasteiger partial charge on any atom is 0.305 e. The molecule has 1 aromatic carbocycles. The molecule has 0 aliphatic heterocycles. The van der Waals surface area contributed by atoms with E-state index in [1.54, 1.807) is 31.4 Å². The number of carboxylic acids is 1. The lowest BCUT2D eigenvalue weighted by molar-refractivity contribution is -0.137. The average Bonchev–Trinajstić information content (AvgIpc) is 2.26. The minimum atomic E-state index is -0.975. The molecule has 0 saturated heterocycles. The van der Waals surface area contributed by atoms with Crippen molar-refractivity contribution in [3.8, 4) is 11.8 Å². The van der Waals surface area contributed by atoms with Gasteiger partial charge in [-0.1, -0.05) is 12.1 Å². The van der Waals surface area contributed by atoms with Crippen molar-refractivity contribution >= 4 is 5.97 Å². The van der Waals surface area contributed by atoms with Gasteiger partial charge >= 0.3 is 5.97 Å². The first kappa shape index (κ1) is 11.1. The summed E-state index contributed by atoms with van der Waals surface area (Å²) >= 11 is 0. The molecule has 0 aliphatic carbocycles. The zero-order valence-electron chi connectivity index (χ0n) is 8.30. The molecule has 0 saturated carbocycles. The largest absolute Gasteiger partial charge is 0.497 e. The van der Waals surface area contributed by atoms with Gasteiger partial charge in [0, 0.05) is 0 Å². The van der Waals surface area contributed by atoms with Crippen LogP contribution in [0, 0.1) is 11.3 Å². The van der Waals surface area contributed by atoms with Crippen molar-refractivity contribution in [3.05, 3.63) is 29.8 Å². The van der Waals surface area contributed by atoms with Crippen LogP contribution in [0.1, 0.15) is 17.9 Å². The number of carbonyl (C=O) groups is 1. The fourth-order valence-corrected chi connectivity index (χ4v) is 1.25. The minimum absolute atomic E-state index is 0.178. The number of hydrogen-bond acceptors (Lipinski definition) is 3. The van der Waals surface area contributed by atoms with Crippen molar-refractivity contribution in [1.82, 2.24) is 0 Å². The van der Waals surface area contributed by atoms with E-state index >= 15 is 0 Å². The van der Waals surface area contributed by atoms with Crippen molar-refractivity contribution in [2.75, 3.05) is 7.11 Å². The molecule has 78 valence electrons. The van der Waals surface area contributed by atoms with E-state index < -0.39 is 11.9 Å². The average molecular weight is 205 g/mol. The predicted molar refractivity (Wildman–Crippen MR) is 53.6 cm³/mol. The van der Waals surface area contributed by atoms with Gasteiger partial charge in [0.05, 0.1) is 25.5 Å². The molecule has 0 fully saturated rings. The monoisotopic (exact) mass is 205 g/mol. The number of carboxylic acid groups (broad SMARTS) is 1. The summed E-state index contributed by atoms with van der Waals surface area (Å²) in [6.45, 7) is 0. The molecular weight excluding hydrogens is 194 g/mol. The number of nitriles is 1. The minimum Gasteiger partial charge on any atom is -0.497 e. The fraction of sp³-hybridized carbons (Fsp3) is 0.273. The molecule has 4 nitrogen and oxygen atoms in total. The van der Waals surface area contributed by atoms with Gasteiger partial charge in [0.2, 0.25) is 0 Å².